The number of amides is 2. The normalized spacial score (nSPS) is 22.5. The Morgan fingerprint density at radius 1 is 1.42 bits per heavy atom. The molecule has 0 bridgehead atoms. The molecule has 6 heteroatoms. The van der Waals surface area contributed by atoms with Gasteiger partial charge in [0.25, 0.3) is 0 Å². The molecule has 132 valence electrons. The number of likely N-dealkylation sites (tertiary alicyclic amines) is 1. The molecule has 0 spiro atoms. The van der Waals surface area contributed by atoms with Gasteiger partial charge in [-0.1, -0.05) is 37.6 Å². The average molecular weight is 353 g/mol. The molecule has 1 aromatic rings. The predicted octanol–water partition coefficient (Wildman–Crippen LogP) is 2.18. The molecule has 2 N–H and O–H groups in total. The van der Waals surface area contributed by atoms with E-state index in [2.05, 4.69) is 19.2 Å². The third-order valence-electron chi connectivity index (χ3n) is 4.81. The van der Waals surface area contributed by atoms with Crippen LogP contribution in [0.1, 0.15) is 38.7 Å². The van der Waals surface area contributed by atoms with Crippen LogP contribution in [-0.4, -0.2) is 47.6 Å². The van der Waals surface area contributed by atoms with Crippen molar-refractivity contribution in [2.45, 2.75) is 45.3 Å². The first kappa shape index (κ1) is 18.7. The van der Waals surface area contributed by atoms with Crippen LogP contribution >= 0.6 is 11.6 Å². The molecule has 5 nitrogen and oxygen atoms in total. The largest absolute Gasteiger partial charge is 0.391 e. The number of aliphatic hydroxyl groups excluding tert-OH is 1. The lowest BCUT2D eigenvalue weighted by Gasteiger charge is -2.45. The van der Waals surface area contributed by atoms with Crippen molar-refractivity contribution in [3.63, 3.8) is 0 Å². The zero-order chi connectivity index (χ0) is 17.9. The van der Waals surface area contributed by atoms with E-state index in [0.29, 0.717) is 30.4 Å². The van der Waals surface area contributed by atoms with Gasteiger partial charge < -0.3 is 15.3 Å². The summed E-state index contributed by atoms with van der Waals surface area (Å²) in [5, 5.41) is 12.9. The van der Waals surface area contributed by atoms with Gasteiger partial charge in [-0.2, -0.15) is 0 Å². The number of carbonyl (C=O) groups is 2. The average Bonchev–Trinajstić information content (AvgIpc) is 2.52. The highest BCUT2D eigenvalue weighted by atomic mass is 35.5. The predicted molar refractivity (Wildman–Crippen MR) is 93.8 cm³/mol. The van der Waals surface area contributed by atoms with E-state index in [9.17, 15) is 14.7 Å². The van der Waals surface area contributed by atoms with Crippen LogP contribution in [0.3, 0.4) is 0 Å². The van der Waals surface area contributed by atoms with Gasteiger partial charge >= 0.3 is 0 Å². The summed E-state index contributed by atoms with van der Waals surface area (Å²) < 4.78 is 0. The number of aliphatic hydroxyl groups is 1. The fourth-order valence-corrected chi connectivity index (χ4v) is 3.67. The van der Waals surface area contributed by atoms with Crippen molar-refractivity contribution >= 4 is 23.9 Å². The van der Waals surface area contributed by atoms with Crippen molar-refractivity contribution in [2.75, 3.05) is 13.1 Å². The summed E-state index contributed by atoms with van der Waals surface area (Å²) in [4.78, 5) is 25.1. The number of piperidine rings is 1. The maximum atomic E-state index is 12.6. The minimum Gasteiger partial charge on any atom is -0.391 e. The summed E-state index contributed by atoms with van der Waals surface area (Å²) in [5.74, 6) is 0.0857. The second-order valence-electron chi connectivity index (χ2n) is 7.14. The lowest BCUT2D eigenvalue weighted by molar-refractivity contribution is -0.140. The van der Waals surface area contributed by atoms with Gasteiger partial charge in [0.2, 0.25) is 12.3 Å². The quantitative estimate of drug-likeness (QED) is 0.798. The lowest BCUT2D eigenvalue weighted by atomic mass is 9.70. The monoisotopic (exact) mass is 352 g/mol. The maximum Gasteiger partial charge on any atom is 0.247 e. The summed E-state index contributed by atoms with van der Waals surface area (Å²) in [6.45, 7) is 6.94. The first-order chi connectivity index (χ1) is 11.3. The maximum absolute atomic E-state index is 12.6. The fourth-order valence-electron chi connectivity index (χ4n) is 3.54. The van der Waals surface area contributed by atoms with Gasteiger partial charge in [0.05, 0.1) is 6.10 Å². The molecule has 0 aromatic heterocycles. The van der Waals surface area contributed by atoms with Crippen LogP contribution in [0.15, 0.2) is 24.3 Å². The van der Waals surface area contributed by atoms with E-state index in [-0.39, 0.29) is 11.3 Å². The Bertz CT molecular complexity index is 586. The highest BCUT2D eigenvalue weighted by molar-refractivity contribution is 6.30. The molecule has 1 saturated heterocycles. The Hall–Kier alpha value is -1.59. The van der Waals surface area contributed by atoms with E-state index >= 15 is 0 Å². The molecule has 0 radical (unpaired) electrons. The van der Waals surface area contributed by atoms with Crippen molar-refractivity contribution in [1.82, 2.24) is 10.2 Å². The Labute approximate surface area is 148 Å². The van der Waals surface area contributed by atoms with Crippen LogP contribution in [-0.2, 0) is 9.59 Å². The van der Waals surface area contributed by atoms with Crippen molar-refractivity contribution in [2.24, 2.45) is 5.41 Å². The second kappa shape index (κ2) is 7.53. The summed E-state index contributed by atoms with van der Waals surface area (Å²) in [5.41, 5.74) is 1.10. The van der Waals surface area contributed by atoms with E-state index in [0.717, 1.165) is 6.42 Å². The molecule has 1 aromatic carbocycles. The van der Waals surface area contributed by atoms with Crippen LogP contribution in [0.4, 0.5) is 0 Å². The molecule has 0 saturated carbocycles. The Balaban J connectivity index is 2.13. The van der Waals surface area contributed by atoms with E-state index in [1.54, 1.807) is 4.90 Å². The number of hydrogen-bond donors (Lipinski definition) is 2. The van der Waals surface area contributed by atoms with Crippen LogP contribution < -0.4 is 5.32 Å². The Kier molecular flexibility index (Phi) is 5.88. The van der Waals surface area contributed by atoms with Gasteiger partial charge in [-0.05, 0) is 42.4 Å². The molecule has 0 aliphatic carbocycles. The zero-order valence-corrected chi connectivity index (χ0v) is 15.1. The van der Waals surface area contributed by atoms with Gasteiger partial charge in [-0.3, -0.25) is 9.59 Å². The van der Waals surface area contributed by atoms with Gasteiger partial charge in [0.15, 0.2) is 0 Å². The smallest absolute Gasteiger partial charge is 0.247 e. The second-order valence-corrected chi connectivity index (χ2v) is 7.58. The number of hydrogen-bond acceptors (Lipinski definition) is 3. The Morgan fingerprint density at radius 2 is 2.04 bits per heavy atom. The lowest BCUT2D eigenvalue weighted by Crippen LogP contribution is -2.56. The van der Waals surface area contributed by atoms with Crippen molar-refractivity contribution < 1.29 is 14.7 Å². The van der Waals surface area contributed by atoms with Crippen LogP contribution in [0.25, 0.3) is 0 Å². The molecule has 3 atom stereocenters. The van der Waals surface area contributed by atoms with Gasteiger partial charge in [-0.15, -0.1) is 0 Å². The van der Waals surface area contributed by atoms with Crippen LogP contribution in [0.5, 0.6) is 0 Å². The number of carbonyl (C=O) groups excluding carboxylic acids is 2. The summed E-state index contributed by atoms with van der Waals surface area (Å²) >= 11 is 5.97. The van der Waals surface area contributed by atoms with E-state index < -0.39 is 12.1 Å². The molecule has 2 amide bonds. The first-order valence-electron chi connectivity index (χ1n) is 8.18. The molecule has 2 unspecified atom stereocenters. The third kappa shape index (κ3) is 4.08. The fraction of sp³-hybridized carbons (Fsp3) is 0.556. The molecule has 1 heterocycles. The Morgan fingerprint density at radius 3 is 2.54 bits per heavy atom. The van der Waals surface area contributed by atoms with Crippen molar-refractivity contribution in [3.8, 4) is 0 Å². The highest BCUT2D eigenvalue weighted by Crippen LogP contribution is 2.42. The molecule has 2 rings (SSSR count). The molecular weight excluding hydrogens is 328 g/mol. The summed E-state index contributed by atoms with van der Waals surface area (Å²) in [7, 11) is 0. The minimum atomic E-state index is -0.931. The molecule has 1 aliphatic heterocycles. The number of rotatable bonds is 5. The summed E-state index contributed by atoms with van der Waals surface area (Å²) in [6, 6.07) is 6.96. The van der Waals surface area contributed by atoms with Gasteiger partial charge in [0.1, 0.15) is 6.04 Å². The number of benzene rings is 1. The van der Waals surface area contributed by atoms with Gasteiger partial charge in [0, 0.05) is 18.1 Å². The minimum absolute atomic E-state index is 0.119. The van der Waals surface area contributed by atoms with Crippen molar-refractivity contribution in [3.05, 3.63) is 34.9 Å². The highest BCUT2D eigenvalue weighted by Gasteiger charge is 2.40. The van der Waals surface area contributed by atoms with E-state index in [1.165, 1.54) is 12.5 Å². The molecule has 1 aliphatic rings. The van der Waals surface area contributed by atoms with E-state index in [1.807, 2.05) is 24.3 Å². The van der Waals surface area contributed by atoms with E-state index in [4.69, 9.17) is 11.6 Å². The zero-order valence-electron chi connectivity index (χ0n) is 14.3. The topological polar surface area (TPSA) is 69.6 Å². The van der Waals surface area contributed by atoms with Crippen molar-refractivity contribution in [1.29, 1.82) is 0 Å². The van der Waals surface area contributed by atoms with Gasteiger partial charge in [-0.25, -0.2) is 0 Å². The number of nitrogens with one attached hydrogen (secondary N) is 1. The molecular formula is C18H25ClN2O3. The first-order valence-corrected chi connectivity index (χ1v) is 8.56. The standard InChI is InChI=1S/C18H25ClN2O3/c1-12(23)16(20-11-22)17(24)21-9-8-15(18(2,3)10-21)13-4-6-14(19)7-5-13/h4-7,11-12,15-16,23H,8-10H2,1-3H3,(H,20,22)/t12?,15?,16-/m1/s1. The van der Waals surface area contributed by atoms with Crippen LogP contribution in [0.2, 0.25) is 5.02 Å². The molecule has 24 heavy (non-hydrogen) atoms. The number of nitrogens with zero attached hydrogens (tertiary/aromatic N) is 1. The third-order valence-corrected chi connectivity index (χ3v) is 5.06. The van der Waals surface area contributed by atoms with Crippen LogP contribution in [0, 0.1) is 5.41 Å². The summed E-state index contributed by atoms with van der Waals surface area (Å²) in [6.07, 6.45) is 0.356. The molecule has 1 fully saturated rings. The SMILES string of the molecule is CC(O)[C@@H](NC=O)C(=O)N1CCC(c2ccc(Cl)cc2)C(C)(C)C1. The number of halogens is 1.